The lowest BCUT2D eigenvalue weighted by molar-refractivity contribution is 0.302. The first-order chi connectivity index (χ1) is 7.11. The zero-order chi connectivity index (χ0) is 11.3. The van der Waals surface area contributed by atoms with Crippen LogP contribution < -0.4 is 5.32 Å². The SMILES string of the molecule is CC(CNCc1ccccc1F)N(C)C. The van der Waals surface area contributed by atoms with E-state index in [4.69, 9.17) is 0 Å². The molecule has 1 unspecified atom stereocenters. The zero-order valence-corrected chi connectivity index (χ0v) is 9.63. The first-order valence-corrected chi connectivity index (χ1v) is 5.22. The van der Waals surface area contributed by atoms with Crippen molar-refractivity contribution in [2.45, 2.75) is 19.5 Å². The maximum atomic E-state index is 13.2. The molecule has 0 aliphatic heterocycles. The Morgan fingerprint density at radius 1 is 1.33 bits per heavy atom. The average molecular weight is 210 g/mol. The molecule has 0 amide bonds. The fourth-order valence-electron chi connectivity index (χ4n) is 1.24. The van der Waals surface area contributed by atoms with E-state index in [1.807, 2.05) is 26.2 Å². The molecule has 1 aromatic carbocycles. The lowest BCUT2D eigenvalue weighted by atomic mass is 10.2. The number of likely N-dealkylation sites (N-methyl/N-ethyl adjacent to an activating group) is 1. The second-order valence-electron chi connectivity index (χ2n) is 4.03. The van der Waals surface area contributed by atoms with E-state index in [0.29, 0.717) is 12.6 Å². The quantitative estimate of drug-likeness (QED) is 0.798. The number of nitrogens with zero attached hydrogens (tertiary/aromatic N) is 1. The van der Waals surface area contributed by atoms with Crippen LogP contribution in [0.1, 0.15) is 12.5 Å². The molecule has 0 saturated carbocycles. The van der Waals surface area contributed by atoms with Gasteiger partial charge in [0.2, 0.25) is 0 Å². The van der Waals surface area contributed by atoms with Gasteiger partial charge in [-0.3, -0.25) is 0 Å². The molecule has 0 aliphatic rings. The summed E-state index contributed by atoms with van der Waals surface area (Å²) in [6, 6.07) is 7.32. The molecule has 15 heavy (non-hydrogen) atoms. The van der Waals surface area contributed by atoms with Gasteiger partial charge in [-0.1, -0.05) is 18.2 Å². The Kier molecular flexibility index (Phi) is 4.72. The van der Waals surface area contributed by atoms with E-state index in [2.05, 4.69) is 17.1 Å². The van der Waals surface area contributed by atoms with Gasteiger partial charge in [-0.15, -0.1) is 0 Å². The van der Waals surface area contributed by atoms with E-state index < -0.39 is 0 Å². The molecule has 3 heteroatoms. The third-order valence-corrected chi connectivity index (χ3v) is 2.59. The monoisotopic (exact) mass is 210 g/mol. The minimum Gasteiger partial charge on any atom is -0.311 e. The summed E-state index contributed by atoms with van der Waals surface area (Å²) in [6.07, 6.45) is 0. The largest absolute Gasteiger partial charge is 0.311 e. The highest BCUT2D eigenvalue weighted by Gasteiger charge is 2.04. The number of rotatable bonds is 5. The molecule has 0 bridgehead atoms. The van der Waals surface area contributed by atoms with Gasteiger partial charge in [0.25, 0.3) is 0 Å². The molecule has 1 aromatic rings. The van der Waals surface area contributed by atoms with Gasteiger partial charge in [-0.05, 0) is 27.1 Å². The normalized spacial score (nSPS) is 13.1. The molecule has 0 aliphatic carbocycles. The first-order valence-electron chi connectivity index (χ1n) is 5.22. The molecule has 1 rings (SSSR count). The topological polar surface area (TPSA) is 15.3 Å². The number of hydrogen-bond acceptors (Lipinski definition) is 2. The van der Waals surface area contributed by atoms with E-state index in [1.165, 1.54) is 6.07 Å². The predicted molar refractivity (Wildman–Crippen MR) is 61.3 cm³/mol. The highest BCUT2D eigenvalue weighted by molar-refractivity contribution is 5.16. The Bertz CT molecular complexity index is 299. The molecule has 1 N–H and O–H groups in total. The minimum absolute atomic E-state index is 0.137. The van der Waals surface area contributed by atoms with Crippen LogP contribution in [0.3, 0.4) is 0 Å². The van der Waals surface area contributed by atoms with Crippen LogP contribution in [0.25, 0.3) is 0 Å². The summed E-state index contributed by atoms with van der Waals surface area (Å²) >= 11 is 0. The predicted octanol–water partition coefficient (Wildman–Crippen LogP) is 1.87. The van der Waals surface area contributed by atoms with Crippen LogP contribution in [0.4, 0.5) is 4.39 Å². The van der Waals surface area contributed by atoms with Crippen molar-refractivity contribution in [2.24, 2.45) is 0 Å². The number of hydrogen-bond donors (Lipinski definition) is 1. The van der Waals surface area contributed by atoms with Gasteiger partial charge < -0.3 is 10.2 Å². The lowest BCUT2D eigenvalue weighted by Crippen LogP contribution is -2.35. The molecule has 0 aromatic heterocycles. The summed E-state index contributed by atoms with van der Waals surface area (Å²) in [6.45, 7) is 3.58. The van der Waals surface area contributed by atoms with E-state index in [1.54, 1.807) is 6.07 Å². The Morgan fingerprint density at radius 3 is 2.60 bits per heavy atom. The van der Waals surface area contributed by atoms with Gasteiger partial charge in [0.05, 0.1) is 0 Å². The molecule has 1 atom stereocenters. The Morgan fingerprint density at radius 2 is 2.00 bits per heavy atom. The maximum Gasteiger partial charge on any atom is 0.127 e. The molecular weight excluding hydrogens is 191 g/mol. The molecule has 84 valence electrons. The highest BCUT2D eigenvalue weighted by Crippen LogP contribution is 2.05. The van der Waals surface area contributed by atoms with E-state index in [-0.39, 0.29) is 5.82 Å². The Hall–Kier alpha value is -0.930. The summed E-state index contributed by atoms with van der Waals surface area (Å²) in [5, 5.41) is 3.24. The van der Waals surface area contributed by atoms with Gasteiger partial charge >= 0.3 is 0 Å². The van der Waals surface area contributed by atoms with Crippen molar-refractivity contribution in [3.63, 3.8) is 0 Å². The summed E-state index contributed by atoms with van der Waals surface area (Å²) in [4.78, 5) is 2.13. The van der Waals surface area contributed by atoms with Gasteiger partial charge in [0.15, 0.2) is 0 Å². The van der Waals surface area contributed by atoms with Crippen LogP contribution >= 0.6 is 0 Å². The fourth-order valence-corrected chi connectivity index (χ4v) is 1.24. The second-order valence-corrected chi connectivity index (χ2v) is 4.03. The van der Waals surface area contributed by atoms with Crippen LogP contribution in [0.5, 0.6) is 0 Å². The van der Waals surface area contributed by atoms with Crippen molar-refractivity contribution in [1.29, 1.82) is 0 Å². The molecule has 0 fully saturated rings. The fraction of sp³-hybridized carbons (Fsp3) is 0.500. The third kappa shape index (κ3) is 3.98. The van der Waals surface area contributed by atoms with Crippen molar-refractivity contribution >= 4 is 0 Å². The summed E-state index contributed by atoms with van der Waals surface area (Å²) < 4.78 is 13.2. The van der Waals surface area contributed by atoms with Crippen molar-refractivity contribution < 1.29 is 4.39 Å². The number of halogens is 1. The molecule has 2 nitrogen and oxygen atoms in total. The van der Waals surface area contributed by atoms with E-state index >= 15 is 0 Å². The summed E-state index contributed by atoms with van der Waals surface area (Å²) in [5.41, 5.74) is 0.725. The van der Waals surface area contributed by atoms with Crippen molar-refractivity contribution in [3.8, 4) is 0 Å². The number of benzene rings is 1. The molecule has 0 saturated heterocycles. The smallest absolute Gasteiger partial charge is 0.127 e. The Balaban J connectivity index is 2.35. The maximum absolute atomic E-state index is 13.2. The third-order valence-electron chi connectivity index (χ3n) is 2.59. The number of nitrogens with one attached hydrogen (secondary N) is 1. The van der Waals surface area contributed by atoms with Gasteiger partial charge in [0.1, 0.15) is 5.82 Å². The van der Waals surface area contributed by atoms with Crippen LogP contribution in [-0.2, 0) is 6.54 Å². The van der Waals surface area contributed by atoms with Crippen molar-refractivity contribution in [2.75, 3.05) is 20.6 Å². The van der Waals surface area contributed by atoms with E-state index in [9.17, 15) is 4.39 Å². The van der Waals surface area contributed by atoms with Crippen molar-refractivity contribution in [1.82, 2.24) is 10.2 Å². The Labute approximate surface area is 91.1 Å². The van der Waals surface area contributed by atoms with Crippen LogP contribution in [0, 0.1) is 5.82 Å². The van der Waals surface area contributed by atoms with Crippen molar-refractivity contribution in [3.05, 3.63) is 35.6 Å². The molecule has 0 heterocycles. The highest BCUT2D eigenvalue weighted by atomic mass is 19.1. The van der Waals surface area contributed by atoms with Crippen LogP contribution in [0.2, 0.25) is 0 Å². The average Bonchev–Trinajstić information content (AvgIpc) is 2.20. The molecule has 0 spiro atoms. The first kappa shape index (κ1) is 12.1. The van der Waals surface area contributed by atoms with E-state index in [0.717, 1.165) is 12.1 Å². The molecular formula is C12H19FN2. The lowest BCUT2D eigenvalue weighted by Gasteiger charge is -2.20. The van der Waals surface area contributed by atoms with Gasteiger partial charge in [0, 0.05) is 24.7 Å². The second kappa shape index (κ2) is 5.83. The summed E-state index contributed by atoms with van der Waals surface area (Å²) in [7, 11) is 4.07. The zero-order valence-electron chi connectivity index (χ0n) is 9.63. The van der Waals surface area contributed by atoms with Crippen LogP contribution in [0.15, 0.2) is 24.3 Å². The van der Waals surface area contributed by atoms with Gasteiger partial charge in [-0.2, -0.15) is 0 Å². The summed E-state index contributed by atoms with van der Waals surface area (Å²) in [5.74, 6) is -0.137. The molecule has 0 radical (unpaired) electrons. The van der Waals surface area contributed by atoms with Crippen LogP contribution in [-0.4, -0.2) is 31.6 Å². The standard InChI is InChI=1S/C12H19FN2/c1-10(15(2)3)8-14-9-11-6-4-5-7-12(11)13/h4-7,10,14H,8-9H2,1-3H3. The minimum atomic E-state index is -0.137. The van der Waals surface area contributed by atoms with Gasteiger partial charge in [-0.25, -0.2) is 4.39 Å².